The summed E-state index contributed by atoms with van der Waals surface area (Å²) in [5, 5.41) is 5.81. The summed E-state index contributed by atoms with van der Waals surface area (Å²) in [5.41, 5.74) is 2.89. The molecule has 12 nitrogen and oxygen atoms in total. The highest BCUT2D eigenvalue weighted by Gasteiger charge is 2.56. The highest BCUT2D eigenvalue weighted by atomic mass is 16.6. The molecule has 9 rings (SSSR count). The Labute approximate surface area is 280 Å². The zero-order chi connectivity index (χ0) is 32.7. The number of H-pyrrole nitrogens is 2. The molecule has 4 atom stereocenters. The molecule has 2 spiro atoms. The van der Waals surface area contributed by atoms with Crippen LogP contribution in [-0.2, 0) is 11.3 Å². The van der Waals surface area contributed by atoms with Gasteiger partial charge in [0, 0.05) is 57.2 Å². The molecular formula is C36H44N10O2. The first-order valence-electron chi connectivity index (χ1n) is 17.3. The molecule has 4 saturated heterocycles. The molecule has 8 heterocycles. The Morgan fingerprint density at radius 1 is 0.833 bits per heavy atom. The predicted octanol–water partition coefficient (Wildman–Crippen LogP) is 5.12. The monoisotopic (exact) mass is 648 g/mol. The average molecular weight is 649 g/mol. The lowest BCUT2D eigenvalue weighted by molar-refractivity contribution is -0.0705. The van der Waals surface area contributed by atoms with Gasteiger partial charge in [-0.1, -0.05) is 44.2 Å². The van der Waals surface area contributed by atoms with Crippen LogP contribution >= 0.6 is 0 Å². The van der Waals surface area contributed by atoms with Crippen molar-refractivity contribution >= 4 is 39.8 Å². The van der Waals surface area contributed by atoms with Gasteiger partial charge in [-0.15, -0.1) is 0 Å². The fourth-order valence-electron chi connectivity index (χ4n) is 8.33. The number of anilines is 2. The highest BCUT2D eigenvalue weighted by Crippen LogP contribution is 2.45. The first-order valence-corrected chi connectivity index (χ1v) is 17.3. The smallest absolute Gasteiger partial charge is 0.410 e. The van der Waals surface area contributed by atoms with Crippen molar-refractivity contribution in [2.45, 2.75) is 57.2 Å². The zero-order valence-corrected chi connectivity index (χ0v) is 27.7. The number of nitrogens with zero attached hydrogens (tertiary/aromatic N) is 7. The molecule has 4 aliphatic rings. The maximum absolute atomic E-state index is 12.9. The van der Waals surface area contributed by atoms with Crippen LogP contribution in [0.2, 0.25) is 0 Å². The summed E-state index contributed by atoms with van der Waals surface area (Å²) in [4.78, 5) is 43.5. The van der Waals surface area contributed by atoms with Crippen LogP contribution in [0.25, 0.3) is 22.1 Å². The highest BCUT2D eigenvalue weighted by molar-refractivity contribution is 5.88. The number of benzene rings is 1. The standard InChI is InChI=1S/C22H25N5O2.C14H19N5/c1-16-12-27(21(28)29-13-17-6-3-2-4-7-17)22(16)9-5-11-26(14-22)20-18-8-10-23-19(18)24-15-25-20;1-10-7-18-14(10)4-2-6-19(8-14)13-11-3-5-15-12(11)16-9-17-13/h2-4,6-8,10,15-16H,5,9,11-14H2,1H3,(H,23,24,25);3,5,9-10,18H,2,4,6-8H2,1H3,(H,15,16,17). The van der Waals surface area contributed by atoms with Gasteiger partial charge in [-0.05, 0) is 55.2 Å². The minimum atomic E-state index is -0.219. The van der Waals surface area contributed by atoms with Gasteiger partial charge >= 0.3 is 6.09 Å². The van der Waals surface area contributed by atoms with Crippen molar-refractivity contribution in [2.75, 3.05) is 49.1 Å². The van der Waals surface area contributed by atoms with Crippen LogP contribution < -0.4 is 15.1 Å². The molecule has 0 saturated carbocycles. The fraction of sp³-hybridized carbons (Fsp3) is 0.472. The Balaban J connectivity index is 0.000000153. The van der Waals surface area contributed by atoms with Crippen molar-refractivity contribution in [1.82, 2.24) is 40.1 Å². The van der Waals surface area contributed by atoms with Crippen molar-refractivity contribution < 1.29 is 9.53 Å². The molecule has 12 heteroatoms. The normalized spacial score (nSPS) is 26.7. The number of aromatic amines is 2. The predicted molar refractivity (Wildman–Crippen MR) is 186 cm³/mol. The van der Waals surface area contributed by atoms with Gasteiger partial charge in [0.15, 0.2) is 0 Å². The number of rotatable bonds is 4. The number of carbonyl (C=O) groups excluding carboxylic acids is 1. The lowest BCUT2D eigenvalue weighted by Gasteiger charge is -2.60. The Hall–Kier alpha value is -4.71. The number of aromatic nitrogens is 6. The molecule has 0 bridgehead atoms. The summed E-state index contributed by atoms with van der Waals surface area (Å²) in [6.45, 7) is 10.6. The molecule has 4 fully saturated rings. The minimum Gasteiger partial charge on any atom is -0.445 e. The van der Waals surface area contributed by atoms with Gasteiger partial charge in [0.05, 0.1) is 16.3 Å². The van der Waals surface area contributed by atoms with Crippen LogP contribution in [0.15, 0.2) is 67.5 Å². The van der Waals surface area contributed by atoms with Gasteiger partial charge in [-0.2, -0.15) is 0 Å². The number of piperidine rings is 2. The number of fused-ring (bicyclic) bond motifs is 2. The number of carbonyl (C=O) groups is 1. The van der Waals surface area contributed by atoms with E-state index in [0.29, 0.717) is 18.1 Å². The van der Waals surface area contributed by atoms with Crippen LogP contribution in [0, 0.1) is 11.8 Å². The Kier molecular flexibility index (Phi) is 7.90. The molecule has 4 unspecified atom stereocenters. The van der Waals surface area contributed by atoms with Crippen LogP contribution in [0.4, 0.5) is 16.4 Å². The van der Waals surface area contributed by atoms with E-state index in [1.54, 1.807) is 12.7 Å². The van der Waals surface area contributed by atoms with E-state index in [1.165, 1.54) is 12.8 Å². The van der Waals surface area contributed by atoms with E-state index in [0.717, 1.165) is 97.3 Å². The number of likely N-dealkylation sites (tertiary alicyclic amines) is 1. The molecule has 1 aromatic carbocycles. The van der Waals surface area contributed by atoms with Crippen molar-refractivity contribution in [1.29, 1.82) is 0 Å². The lowest BCUT2D eigenvalue weighted by Crippen LogP contribution is -2.73. The molecule has 0 radical (unpaired) electrons. The molecule has 5 aromatic rings. The first kappa shape index (κ1) is 30.6. The van der Waals surface area contributed by atoms with E-state index in [2.05, 4.69) is 64.9 Å². The molecule has 1 amide bonds. The Morgan fingerprint density at radius 2 is 1.48 bits per heavy atom. The molecule has 4 aromatic heterocycles. The molecule has 250 valence electrons. The fourth-order valence-corrected chi connectivity index (χ4v) is 8.33. The largest absolute Gasteiger partial charge is 0.445 e. The Morgan fingerprint density at radius 3 is 2.08 bits per heavy atom. The lowest BCUT2D eigenvalue weighted by atomic mass is 9.70. The molecular weight excluding hydrogens is 604 g/mol. The molecule has 48 heavy (non-hydrogen) atoms. The van der Waals surface area contributed by atoms with Gasteiger partial charge in [-0.3, -0.25) is 0 Å². The number of ether oxygens (including phenoxy) is 1. The van der Waals surface area contributed by atoms with Gasteiger partial charge in [0.25, 0.3) is 0 Å². The van der Waals surface area contributed by atoms with Crippen LogP contribution in [-0.4, -0.2) is 91.2 Å². The van der Waals surface area contributed by atoms with E-state index < -0.39 is 0 Å². The third-order valence-corrected chi connectivity index (χ3v) is 11.3. The Bertz CT molecular complexity index is 1890. The van der Waals surface area contributed by atoms with E-state index >= 15 is 0 Å². The average Bonchev–Trinajstić information content (AvgIpc) is 3.83. The number of hydrogen-bond donors (Lipinski definition) is 3. The summed E-state index contributed by atoms with van der Waals surface area (Å²) < 4.78 is 5.64. The summed E-state index contributed by atoms with van der Waals surface area (Å²) in [6.07, 6.45) is 11.4. The van der Waals surface area contributed by atoms with Crippen molar-refractivity contribution in [2.24, 2.45) is 11.8 Å². The summed E-state index contributed by atoms with van der Waals surface area (Å²) in [5.74, 6) is 3.20. The molecule has 0 aliphatic carbocycles. The SMILES string of the molecule is CC1CN(C(=O)OCc2ccccc2)C12CCCN(c1ncnc3[nH]ccc13)C2.CC1CNC12CCCN(c1ncnc3[nH]ccc13)C2. The van der Waals surface area contributed by atoms with E-state index in [-0.39, 0.29) is 11.6 Å². The third-order valence-electron chi connectivity index (χ3n) is 11.3. The quantitative estimate of drug-likeness (QED) is 0.243. The van der Waals surface area contributed by atoms with E-state index in [1.807, 2.05) is 53.7 Å². The molecule has 3 N–H and O–H groups in total. The van der Waals surface area contributed by atoms with Gasteiger partial charge in [0.2, 0.25) is 0 Å². The van der Waals surface area contributed by atoms with Crippen LogP contribution in [0.3, 0.4) is 0 Å². The second-order valence-corrected chi connectivity index (χ2v) is 14.0. The second-order valence-electron chi connectivity index (χ2n) is 14.0. The van der Waals surface area contributed by atoms with Gasteiger partial charge < -0.3 is 34.7 Å². The summed E-state index contributed by atoms with van der Waals surface area (Å²) >= 11 is 0. The zero-order valence-electron chi connectivity index (χ0n) is 27.7. The first-order chi connectivity index (χ1) is 23.5. The van der Waals surface area contributed by atoms with Crippen LogP contribution in [0.1, 0.15) is 45.1 Å². The number of hydrogen-bond acceptors (Lipinski definition) is 9. The van der Waals surface area contributed by atoms with Gasteiger partial charge in [0.1, 0.15) is 42.2 Å². The molecule has 4 aliphatic heterocycles. The maximum atomic E-state index is 12.9. The maximum Gasteiger partial charge on any atom is 0.410 e. The van der Waals surface area contributed by atoms with Crippen molar-refractivity contribution in [3.63, 3.8) is 0 Å². The second kappa shape index (κ2) is 12.4. The summed E-state index contributed by atoms with van der Waals surface area (Å²) in [6, 6.07) is 13.9. The van der Waals surface area contributed by atoms with Crippen molar-refractivity contribution in [3.05, 3.63) is 73.1 Å². The van der Waals surface area contributed by atoms with E-state index in [4.69, 9.17) is 4.74 Å². The minimum absolute atomic E-state index is 0.195. The van der Waals surface area contributed by atoms with Crippen LogP contribution in [0.5, 0.6) is 0 Å². The van der Waals surface area contributed by atoms with Gasteiger partial charge in [-0.25, -0.2) is 24.7 Å². The number of amides is 1. The number of nitrogens with one attached hydrogen (secondary N) is 3. The summed E-state index contributed by atoms with van der Waals surface area (Å²) in [7, 11) is 0. The topological polar surface area (TPSA) is 131 Å². The van der Waals surface area contributed by atoms with Crippen molar-refractivity contribution in [3.8, 4) is 0 Å². The third kappa shape index (κ3) is 5.32. The van der Waals surface area contributed by atoms with E-state index in [9.17, 15) is 4.79 Å².